The highest BCUT2D eigenvalue weighted by Gasteiger charge is 2.27. The number of nitro groups is 1. The normalized spacial score (nSPS) is 19.5. The number of halogens is 1. The fourth-order valence-electron chi connectivity index (χ4n) is 3.33. The van der Waals surface area contributed by atoms with Gasteiger partial charge in [-0.15, -0.1) is 0 Å². The van der Waals surface area contributed by atoms with Crippen LogP contribution in [0.2, 0.25) is 0 Å². The summed E-state index contributed by atoms with van der Waals surface area (Å²) < 4.78 is 13.5. The number of benzene rings is 2. The van der Waals surface area contributed by atoms with Crippen LogP contribution >= 0.6 is 0 Å². The van der Waals surface area contributed by atoms with Gasteiger partial charge in [-0.25, -0.2) is 9.82 Å². The Bertz CT molecular complexity index is 862. The third-order valence-electron chi connectivity index (χ3n) is 4.95. The number of nitrogens with one attached hydrogen (secondary N) is 2. The number of nitro benzene ring substituents is 1. The van der Waals surface area contributed by atoms with Crippen molar-refractivity contribution in [3.05, 3.63) is 75.6 Å². The molecule has 28 heavy (non-hydrogen) atoms. The molecule has 2 N–H and O–H groups in total. The van der Waals surface area contributed by atoms with Gasteiger partial charge in [0.25, 0.3) is 5.69 Å². The monoisotopic (exact) mass is 385 g/mol. The molecule has 0 aromatic heterocycles. The number of carbonyl (C=O) groups is 1. The zero-order chi connectivity index (χ0) is 19.9. The van der Waals surface area contributed by atoms with Gasteiger partial charge in [-0.2, -0.15) is 5.10 Å². The maximum atomic E-state index is 13.5. The molecule has 0 unspecified atom stereocenters. The van der Waals surface area contributed by atoms with E-state index in [0.717, 1.165) is 38.0 Å². The van der Waals surface area contributed by atoms with Crippen LogP contribution in [0.1, 0.15) is 24.0 Å². The Labute approximate surface area is 162 Å². The van der Waals surface area contributed by atoms with Crippen molar-refractivity contribution in [3.8, 4) is 0 Å². The maximum Gasteiger partial charge on any atom is 0.269 e. The van der Waals surface area contributed by atoms with Crippen molar-refractivity contribution in [3.63, 3.8) is 0 Å². The number of piperidine rings is 1. The lowest BCUT2D eigenvalue weighted by Crippen LogP contribution is -3.11. The highest BCUT2D eigenvalue weighted by molar-refractivity contribution is 5.83. The topological polar surface area (TPSA) is 89.0 Å². The van der Waals surface area contributed by atoms with Crippen LogP contribution in [0.5, 0.6) is 0 Å². The van der Waals surface area contributed by atoms with Gasteiger partial charge in [-0.05, 0) is 18.2 Å². The van der Waals surface area contributed by atoms with Gasteiger partial charge in [0.1, 0.15) is 12.4 Å². The summed E-state index contributed by atoms with van der Waals surface area (Å²) in [6, 6.07) is 12.8. The van der Waals surface area contributed by atoms with Crippen molar-refractivity contribution in [1.82, 2.24) is 5.43 Å². The van der Waals surface area contributed by atoms with Crippen LogP contribution in [-0.2, 0) is 11.3 Å². The number of quaternary nitrogens is 1. The second-order valence-electron chi connectivity index (χ2n) is 6.88. The number of rotatable bonds is 6. The van der Waals surface area contributed by atoms with Crippen molar-refractivity contribution in [2.24, 2.45) is 11.0 Å². The number of hydrazone groups is 1. The Morgan fingerprint density at radius 2 is 1.89 bits per heavy atom. The van der Waals surface area contributed by atoms with Crippen molar-refractivity contribution < 1.29 is 19.0 Å². The quantitative estimate of drug-likeness (QED) is 0.450. The second-order valence-corrected chi connectivity index (χ2v) is 6.88. The Kier molecular flexibility index (Phi) is 6.44. The first-order chi connectivity index (χ1) is 13.5. The van der Waals surface area contributed by atoms with Crippen molar-refractivity contribution in [1.29, 1.82) is 0 Å². The molecule has 1 amide bonds. The van der Waals surface area contributed by atoms with Crippen LogP contribution in [-0.4, -0.2) is 30.1 Å². The lowest BCUT2D eigenvalue weighted by atomic mass is 9.96. The van der Waals surface area contributed by atoms with E-state index in [1.807, 2.05) is 0 Å². The summed E-state index contributed by atoms with van der Waals surface area (Å²) in [5.74, 6) is -0.649. The number of non-ortho nitro benzene ring substituents is 1. The molecule has 8 heteroatoms. The molecule has 3 rings (SSSR count). The van der Waals surface area contributed by atoms with Crippen molar-refractivity contribution in [2.75, 3.05) is 13.1 Å². The summed E-state index contributed by atoms with van der Waals surface area (Å²) in [4.78, 5) is 23.9. The Balaban J connectivity index is 1.45. The summed E-state index contributed by atoms with van der Waals surface area (Å²) in [7, 11) is 0. The first kappa shape index (κ1) is 19.6. The lowest BCUT2D eigenvalue weighted by Gasteiger charge is -2.28. The van der Waals surface area contributed by atoms with Crippen molar-refractivity contribution >= 4 is 17.8 Å². The lowest BCUT2D eigenvalue weighted by molar-refractivity contribution is -0.919. The predicted molar refractivity (Wildman–Crippen MR) is 102 cm³/mol. The fourth-order valence-corrected chi connectivity index (χ4v) is 3.33. The zero-order valence-corrected chi connectivity index (χ0v) is 15.3. The molecule has 1 aliphatic rings. The molecule has 1 saturated heterocycles. The van der Waals surface area contributed by atoms with E-state index in [9.17, 15) is 19.3 Å². The molecule has 7 nitrogen and oxygen atoms in total. The van der Waals surface area contributed by atoms with Gasteiger partial charge in [0.2, 0.25) is 5.91 Å². The van der Waals surface area contributed by atoms with Crippen LogP contribution in [0, 0.1) is 21.8 Å². The molecule has 0 bridgehead atoms. The summed E-state index contributed by atoms with van der Waals surface area (Å²) in [6.07, 6.45) is 2.79. The van der Waals surface area contributed by atoms with E-state index in [4.69, 9.17) is 0 Å². The Hall–Kier alpha value is -3.13. The van der Waals surface area contributed by atoms with Gasteiger partial charge in [0.15, 0.2) is 0 Å². The van der Waals surface area contributed by atoms with Crippen molar-refractivity contribution in [2.45, 2.75) is 19.4 Å². The van der Waals surface area contributed by atoms with Gasteiger partial charge >= 0.3 is 0 Å². The molecule has 1 fully saturated rings. The first-order valence-electron chi connectivity index (χ1n) is 9.17. The molecule has 146 valence electrons. The van der Waals surface area contributed by atoms with Crippen LogP contribution < -0.4 is 10.3 Å². The van der Waals surface area contributed by atoms with Crippen LogP contribution in [0.25, 0.3) is 0 Å². The smallest absolute Gasteiger partial charge is 0.269 e. The summed E-state index contributed by atoms with van der Waals surface area (Å²) in [6.45, 7) is 2.45. The maximum absolute atomic E-state index is 13.5. The Morgan fingerprint density at radius 1 is 1.21 bits per heavy atom. The molecule has 0 atom stereocenters. The number of carbonyl (C=O) groups excluding carboxylic acids is 1. The number of hydrogen-bond donors (Lipinski definition) is 2. The van der Waals surface area contributed by atoms with E-state index < -0.39 is 4.92 Å². The number of amides is 1. The number of likely N-dealkylation sites (tertiary alicyclic amines) is 1. The van der Waals surface area contributed by atoms with Crippen LogP contribution in [0.15, 0.2) is 53.6 Å². The second kappa shape index (κ2) is 9.18. The highest BCUT2D eigenvalue weighted by atomic mass is 19.1. The molecule has 0 saturated carbocycles. The van der Waals surface area contributed by atoms with E-state index in [2.05, 4.69) is 10.5 Å². The van der Waals surface area contributed by atoms with Gasteiger partial charge < -0.3 is 4.90 Å². The van der Waals surface area contributed by atoms with Gasteiger partial charge in [-0.3, -0.25) is 14.9 Å². The molecular formula is C20H22FN4O3+. The fraction of sp³-hybridized carbons (Fsp3) is 0.300. The summed E-state index contributed by atoms with van der Waals surface area (Å²) >= 11 is 0. The molecule has 1 heterocycles. The average molecular weight is 385 g/mol. The summed E-state index contributed by atoms with van der Waals surface area (Å²) in [5, 5.41) is 14.6. The molecular weight excluding hydrogens is 363 g/mol. The third-order valence-corrected chi connectivity index (χ3v) is 4.95. The minimum absolute atomic E-state index is 0.0880. The van der Waals surface area contributed by atoms with Gasteiger partial charge in [0.05, 0.1) is 30.1 Å². The summed E-state index contributed by atoms with van der Waals surface area (Å²) in [5.41, 5.74) is 3.95. The van der Waals surface area contributed by atoms with E-state index in [1.54, 1.807) is 30.3 Å². The number of hydrogen-bond acceptors (Lipinski definition) is 4. The van der Waals surface area contributed by atoms with Crippen LogP contribution in [0.4, 0.5) is 10.1 Å². The Morgan fingerprint density at radius 3 is 2.54 bits per heavy atom. The predicted octanol–water partition coefficient (Wildman–Crippen LogP) is 1.68. The van der Waals surface area contributed by atoms with Gasteiger partial charge in [-0.1, -0.05) is 18.2 Å². The molecule has 0 aliphatic carbocycles. The largest absolute Gasteiger partial charge is 0.331 e. The van der Waals surface area contributed by atoms with E-state index in [-0.39, 0.29) is 23.3 Å². The zero-order valence-electron chi connectivity index (χ0n) is 15.3. The highest BCUT2D eigenvalue weighted by Crippen LogP contribution is 2.13. The first-order valence-corrected chi connectivity index (χ1v) is 9.17. The van der Waals surface area contributed by atoms with Crippen LogP contribution in [0.3, 0.4) is 0 Å². The van der Waals surface area contributed by atoms with E-state index in [1.165, 1.54) is 29.3 Å². The average Bonchev–Trinajstić information content (AvgIpc) is 2.70. The van der Waals surface area contributed by atoms with E-state index in [0.29, 0.717) is 5.56 Å². The van der Waals surface area contributed by atoms with Gasteiger partial charge in [0, 0.05) is 36.1 Å². The minimum atomic E-state index is -0.407. The standard InChI is InChI=1S/C20H21FN4O3/c21-19-4-2-1-3-17(19)13-22-23-20(26)16-9-11-24(12-10-16)14-15-5-7-18(8-6-15)25(27)28/h1-8,13,16H,9-12,14H2,(H,23,26)/p+1/b22-13-. The third kappa shape index (κ3) is 5.20. The SMILES string of the molecule is O=C(N/N=C\c1ccccc1F)C1CC[NH+](Cc2ccc([N+](=O)[O-])cc2)CC1. The molecule has 0 spiro atoms. The van der Waals surface area contributed by atoms with E-state index >= 15 is 0 Å². The number of nitrogens with zero attached hydrogens (tertiary/aromatic N) is 2. The molecule has 0 radical (unpaired) electrons. The molecule has 2 aromatic rings. The molecule has 2 aromatic carbocycles. The molecule has 1 aliphatic heterocycles. The minimum Gasteiger partial charge on any atom is -0.331 e.